The summed E-state index contributed by atoms with van der Waals surface area (Å²) in [5, 5.41) is 3.76. The van der Waals surface area contributed by atoms with Crippen LogP contribution in [0.3, 0.4) is 0 Å². The topological polar surface area (TPSA) is 12.0 Å². The average molecular weight is 391 g/mol. The molecule has 2 aromatic carbocycles. The lowest BCUT2D eigenvalue weighted by Gasteiger charge is -2.19. The van der Waals surface area contributed by atoms with Crippen molar-refractivity contribution >= 4 is 22.6 Å². The van der Waals surface area contributed by atoms with Gasteiger partial charge in [0.1, 0.15) is 0 Å². The highest BCUT2D eigenvalue weighted by Crippen LogP contribution is 2.54. The Morgan fingerprint density at radius 3 is 2.48 bits per heavy atom. The highest BCUT2D eigenvalue weighted by atomic mass is 127. The zero-order valence-electron chi connectivity index (χ0n) is 12.4. The molecule has 0 radical (unpaired) electrons. The van der Waals surface area contributed by atoms with Gasteiger partial charge in [0.05, 0.1) is 0 Å². The van der Waals surface area contributed by atoms with E-state index in [4.69, 9.17) is 0 Å². The second-order valence-corrected chi connectivity index (χ2v) is 7.15. The molecule has 0 aliphatic heterocycles. The predicted molar refractivity (Wildman–Crippen MR) is 97.5 cm³/mol. The summed E-state index contributed by atoms with van der Waals surface area (Å²) in [5.41, 5.74) is 2.93. The van der Waals surface area contributed by atoms with Gasteiger partial charge in [-0.15, -0.1) is 0 Å². The fraction of sp³-hybridized carbons (Fsp3) is 0.368. The Morgan fingerprint density at radius 2 is 1.81 bits per heavy atom. The number of rotatable bonds is 6. The molecule has 2 heteroatoms. The molecule has 3 unspecified atom stereocenters. The van der Waals surface area contributed by atoms with E-state index in [2.05, 4.69) is 89.4 Å². The summed E-state index contributed by atoms with van der Waals surface area (Å²) < 4.78 is 1.31. The van der Waals surface area contributed by atoms with Gasteiger partial charge in [-0.3, -0.25) is 0 Å². The first-order chi connectivity index (χ1) is 10.3. The van der Waals surface area contributed by atoms with Crippen LogP contribution in [0.2, 0.25) is 0 Å². The fourth-order valence-electron chi connectivity index (χ4n) is 3.15. The van der Waals surface area contributed by atoms with Gasteiger partial charge in [-0.1, -0.05) is 49.4 Å². The first kappa shape index (κ1) is 15.0. The fourth-order valence-corrected chi connectivity index (χ4v) is 3.51. The quantitative estimate of drug-likeness (QED) is 0.673. The highest BCUT2D eigenvalue weighted by Gasteiger charge is 2.43. The smallest absolute Gasteiger partial charge is 0.0354 e. The zero-order valence-corrected chi connectivity index (χ0v) is 14.6. The number of benzene rings is 2. The van der Waals surface area contributed by atoms with Crippen molar-refractivity contribution in [3.05, 3.63) is 69.3 Å². The molecule has 110 valence electrons. The lowest BCUT2D eigenvalue weighted by Crippen LogP contribution is -2.24. The third kappa shape index (κ3) is 3.67. The van der Waals surface area contributed by atoms with Crippen molar-refractivity contribution in [1.29, 1.82) is 0 Å². The van der Waals surface area contributed by atoms with Crippen LogP contribution in [0.4, 0.5) is 0 Å². The molecule has 3 atom stereocenters. The van der Waals surface area contributed by atoms with Crippen molar-refractivity contribution in [3.8, 4) is 0 Å². The van der Waals surface area contributed by atoms with Crippen molar-refractivity contribution in [1.82, 2.24) is 5.32 Å². The summed E-state index contributed by atoms with van der Waals surface area (Å²) in [6.45, 7) is 3.33. The van der Waals surface area contributed by atoms with Crippen LogP contribution in [0.25, 0.3) is 0 Å². The summed E-state index contributed by atoms with van der Waals surface area (Å²) in [7, 11) is 0. The lowest BCUT2D eigenvalue weighted by atomic mass is 9.98. The molecule has 1 fully saturated rings. The Hall–Kier alpha value is -0.870. The first-order valence-corrected chi connectivity index (χ1v) is 8.91. The minimum atomic E-state index is 0.493. The van der Waals surface area contributed by atoms with Gasteiger partial charge < -0.3 is 5.32 Å². The second-order valence-electron chi connectivity index (χ2n) is 5.90. The standard InChI is InChI=1S/C19H22IN/c1-2-12-21-19(15-8-10-16(20)11-9-15)18-13-17(18)14-6-4-3-5-7-14/h3-11,17-19,21H,2,12-13H2,1H3. The summed E-state index contributed by atoms with van der Waals surface area (Å²) >= 11 is 2.37. The molecular formula is C19H22IN. The van der Waals surface area contributed by atoms with Crippen LogP contribution in [0, 0.1) is 9.49 Å². The minimum Gasteiger partial charge on any atom is -0.310 e. The van der Waals surface area contributed by atoms with Crippen molar-refractivity contribution in [3.63, 3.8) is 0 Å². The predicted octanol–water partition coefficient (Wildman–Crippen LogP) is 5.14. The monoisotopic (exact) mass is 391 g/mol. The summed E-state index contributed by atoms with van der Waals surface area (Å²) in [5.74, 6) is 1.46. The average Bonchev–Trinajstić information content (AvgIpc) is 3.31. The molecule has 1 aliphatic carbocycles. The van der Waals surface area contributed by atoms with Crippen molar-refractivity contribution in [2.24, 2.45) is 5.92 Å². The highest BCUT2D eigenvalue weighted by molar-refractivity contribution is 14.1. The van der Waals surface area contributed by atoms with E-state index in [1.54, 1.807) is 0 Å². The molecule has 0 amide bonds. The van der Waals surface area contributed by atoms with Gasteiger partial charge in [0.2, 0.25) is 0 Å². The van der Waals surface area contributed by atoms with E-state index in [0.717, 1.165) is 18.4 Å². The van der Waals surface area contributed by atoms with E-state index in [1.165, 1.54) is 27.5 Å². The van der Waals surface area contributed by atoms with E-state index in [0.29, 0.717) is 6.04 Å². The van der Waals surface area contributed by atoms with Gasteiger partial charge in [0.15, 0.2) is 0 Å². The summed E-state index contributed by atoms with van der Waals surface area (Å²) in [6, 6.07) is 20.5. The van der Waals surface area contributed by atoms with Gasteiger partial charge in [-0.05, 0) is 77.1 Å². The van der Waals surface area contributed by atoms with Crippen LogP contribution < -0.4 is 5.32 Å². The van der Waals surface area contributed by atoms with Gasteiger partial charge >= 0.3 is 0 Å². The summed E-state index contributed by atoms with van der Waals surface area (Å²) in [6.07, 6.45) is 2.49. The second kappa shape index (κ2) is 6.93. The van der Waals surface area contributed by atoms with Crippen molar-refractivity contribution in [2.45, 2.75) is 31.7 Å². The number of nitrogens with one attached hydrogen (secondary N) is 1. The lowest BCUT2D eigenvalue weighted by molar-refractivity contribution is 0.473. The molecule has 1 saturated carbocycles. The minimum absolute atomic E-state index is 0.493. The number of hydrogen-bond acceptors (Lipinski definition) is 1. The largest absolute Gasteiger partial charge is 0.310 e. The Balaban J connectivity index is 1.76. The molecule has 1 aliphatic rings. The molecule has 0 saturated heterocycles. The van der Waals surface area contributed by atoms with Crippen molar-refractivity contribution in [2.75, 3.05) is 6.54 Å². The molecule has 2 aromatic rings. The van der Waals surface area contributed by atoms with Crippen LogP contribution in [0.5, 0.6) is 0 Å². The van der Waals surface area contributed by atoms with Crippen molar-refractivity contribution < 1.29 is 0 Å². The normalized spacial score (nSPS) is 22.0. The van der Waals surface area contributed by atoms with Gasteiger partial charge in [0.25, 0.3) is 0 Å². The molecule has 1 N–H and O–H groups in total. The van der Waals surface area contributed by atoms with Crippen LogP contribution in [-0.2, 0) is 0 Å². The van der Waals surface area contributed by atoms with Crippen LogP contribution in [0.1, 0.15) is 42.9 Å². The zero-order chi connectivity index (χ0) is 14.7. The van der Waals surface area contributed by atoms with Gasteiger partial charge in [0, 0.05) is 9.61 Å². The molecule has 0 aromatic heterocycles. The van der Waals surface area contributed by atoms with Crippen LogP contribution in [-0.4, -0.2) is 6.54 Å². The molecular weight excluding hydrogens is 369 g/mol. The molecule has 0 bridgehead atoms. The molecule has 1 nitrogen and oxygen atoms in total. The summed E-state index contributed by atoms with van der Waals surface area (Å²) in [4.78, 5) is 0. The maximum absolute atomic E-state index is 3.76. The van der Waals surface area contributed by atoms with E-state index < -0.39 is 0 Å². The van der Waals surface area contributed by atoms with Gasteiger partial charge in [-0.25, -0.2) is 0 Å². The number of hydrogen-bond donors (Lipinski definition) is 1. The third-order valence-electron chi connectivity index (χ3n) is 4.34. The molecule has 21 heavy (non-hydrogen) atoms. The molecule has 0 spiro atoms. The van der Waals surface area contributed by atoms with E-state index >= 15 is 0 Å². The van der Waals surface area contributed by atoms with Crippen LogP contribution >= 0.6 is 22.6 Å². The van der Waals surface area contributed by atoms with Crippen LogP contribution in [0.15, 0.2) is 54.6 Å². The van der Waals surface area contributed by atoms with E-state index in [1.807, 2.05) is 0 Å². The molecule has 0 heterocycles. The number of halogens is 1. The maximum atomic E-state index is 3.76. The third-order valence-corrected chi connectivity index (χ3v) is 5.06. The Morgan fingerprint density at radius 1 is 1.10 bits per heavy atom. The van der Waals surface area contributed by atoms with Gasteiger partial charge in [-0.2, -0.15) is 0 Å². The Labute approximate surface area is 141 Å². The van der Waals surface area contributed by atoms with E-state index in [-0.39, 0.29) is 0 Å². The molecule has 3 rings (SSSR count). The van der Waals surface area contributed by atoms with E-state index in [9.17, 15) is 0 Å². The SMILES string of the molecule is CCCNC(c1ccc(I)cc1)C1CC1c1ccccc1. The first-order valence-electron chi connectivity index (χ1n) is 7.83. The maximum Gasteiger partial charge on any atom is 0.0354 e. The Bertz CT molecular complexity index is 564. The Kier molecular flexibility index (Phi) is 4.96.